The van der Waals surface area contributed by atoms with Crippen molar-refractivity contribution < 1.29 is 0 Å². The molecule has 0 radical (unpaired) electrons. The molecule has 2 atom stereocenters. The smallest absolute Gasteiger partial charge is 0.0621 e. The third kappa shape index (κ3) is 6.28. The maximum atomic E-state index is 4.57. The van der Waals surface area contributed by atoms with E-state index in [4.69, 9.17) is 0 Å². The van der Waals surface area contributed by atoms with Gasteiger partial charge in [-0.15, -0.1) is 9.24 Å². The van der Waals surface area contributed by atoms with Crippen LogP contribution >= 0.6 is 17.2 Å². The zero-order valence-corrected chi connectivity index (χ0v) is 27.4. The lowest BCUT2D eigenvalue weighted by molar-refractivity contribution is 0.280. The highest BCUT2D eigenvalue weighted by atomic mass is 31.1. The maximum Gasteiger partial charge on any atom is 0.0621 e. The van der Waals surface area contributed by atoms with Crippen molar-refractivity contribution in [1.29, 1.82) is 0 Å². The van der Waals surface area contributed by atoms with Crippen LogP contribution in [-0.2, 0) is 5.16 Å². The van der Waals surface area contributed by atoms with E-state index in [1.54, 1.807) is 11.1 Å². The van der Waals surface area contributed by atoms with Gasteiger partial charge in [-0.1, -0.05) is 120 Å². The summed E-state index contributed by atoms with van der Waals surface area (Å²) in [5.41, 5.74) is 7.11. The molecule has 0 bridgehead atoms. The minimum atomic E-state index is -0.425. The van der Waals surface area contributed by atoms with Crippen LogP contribution in [0, 0.1) is 16.7 Å². The first kappa shape index (κ1) is 30.2. The van der Waals surface area contributed by atoms with Gasteiger partial charge < -0.3 is 0 Å². The van der Waals surface area contributed by atoms with Crippen molar-refractivity contribution >= 4 is 17.2 Å². The van der Waals surface area contributed by atoms with Crippen molar-refractivity contribution in [2.75, 3.05) is 6.16 Å². The van der Waals surface area contributed by atoms with Gasteiger partial charge in [0.15, 0.2) is 0 Å². The molecule has 0 saturated heterocycles. The van der Waals surface area contributed by atoms with Crippen LogP contribution in [0.5, 0.6) is 0 Å². The van der Waals surface area contributed by atoms with Crippen LogP contribution in [0.15, 0.2) is 71.8 Å². The Morgan fingerprint density at radius 3 is 1.54 bits per heavy atom. The van der Waals surface area contributed by atoms with E-state index >= 15 is 0 Å². The second-order valence-corrected chi connectivity index (χ2v) is 19.5. The van der Waals surface area contributed by atoms with Crippen LogP contribution in [0.2, 0.25) is 0 Å². The summed E-state index contributed by atoms with van der Waals surface area (Å²) in [6.45, 7) is 29.1. The largest absolute Gasteiger partial charge is 0.264 e. The Morgan fingerprint density at radius 1 is 0.757 bits per heavy atom. The molecule has 2 nitrogen and oxygen atoms in total. The third-order valence-corrected chi connectivity index (χ3v) is 12.5. The molecule has 0 amide bonds. The first-order chi connectivity index (χ1) is 16.8. The molecule has 1 aliphatic rings. The Morgan fingerprint density at radius 2 is 1.22 bits per heavy atom. The Kier molecular flexibility index (Phi) is 8.42. The highest BCUT2D eigenvalue weighted by Gasteiger charge is 2.48. The number of hydrogen-bond acceptors (Lipinski definition) is 2. The Hall–Kier alpha value is -1.36. The number of rotatable bonds is 5. The van der Waals surface area contributed by atoms with Crippen LogP contribution in [0.25, 0.3) is 0 Å². The van der Waals surface area contributed by atoms with Crippen LogP contribution in [0.3, 0.4) is 0 Å². The molecule has 37 heavy (non-hydrogen) atoms. The molecule has 0 aromatic carbocycles. The Balaban J connectivity index is 2.45. The first-order valence-corrected chi connectivity index (χ1v) is 15.7. The fourth-order valence-electron chi connectivity index (χ4n) is 6.18. The topological polar surface area (TPSA) is 25.8 Å². The fraction of sp³-hybridized carbons (Fsp3) is 0.576. The lowest BCUT2D eigenvalue weighted by Crippen LogP contribution is -2.33. The predicted octanol–water partition coefficient (Wildman–Crippen LogP) is 9.62. The van der Waals surface area contributed by atoms with Crippen molar-refractivity contribution in [3.63, 3.8) is 0 Å². The van der Waals surface area contributed by atoms with Gasteiger partial charge in [0.05, 0.1) is 5.16 Å². The van der Waals surface area contributed by atoms with E-state index in [0.717, 1.165) is 6.16 Å². The number of nitrogens with zero attached hydrogens (tertiary/aromatic N) is 2. The molecule has 202 valence electrons. The Labute approximate surface area is 231 Å². The van der Waals surface area contributed by atoms with Gasteiger partial charge in [0.1, 0.15) is 0 Å². The summed E-state index contributed by atoms with van der Waals surface area (Å²) in [7, 11) is 2.95. The van der Waals surface area contributed by atoms with Crippen molar-refractivity contribution in [2.45, 2.75) is 98.6 Å². The van der Waals surface area contributed by atoms with Gasteiger partial charge in [-0.25, -0.2) is 0 Å². The van der Waals surface area contributed by atoms with Gasteiger partial charge in [0.25, 0.3) is 0 Å². The lowest BCUT2D eigenvalue weighted by Gasteiger charge is -2.45. The van der Waals surface area contributed by atoms with Crippen molar-refractivity contribution in [3.8, 4) is 0 Å². The van der Waals surface area contributed by atoms with Crippen LogP contribution in [-0.4, -0.2) is 26.4 Å². The molecular weight excluding hydrogens is 486 g/mol. The van der Waals surface area contributed by atoms with E-state index in [9.17, 15) is 0 Å². The predicted molar refractivity (Wildman–Crippen MR) is 168 cm³/mol. The molecule has 2 heterocycles. The summed E-state index contributed by atoms with van der Waals surface area (Å²) in [4.78, 5) is 9.15. The molecule has 0 spiro atoms. The number of aromatic nitrogens is 2. The quantitative estimate of drug-likeness (QED) is 0.356. The van der Waals surface area contributed by atoms with Gasteiger partial charge in [0.2, 0.25) is 0 Å². The molecule has 2 aromatic heterocycles. The average molecular weight is 537 g/mol. The van der Waals surface area contributed by atoms with Crippen molar-refractivity contribution in [2.24, 2.45) is 16.7 Å². The lowest BCUT2D eigenvalue weighted by atomic mass is 9.67. The zero-order chi connectivity index (χ0) is 28.0. The number of hydrogen-bond donors (Lipinski definition) is 0. The minimum Gasteiger partial charge on any atom is -0.264 e. The van der Waals surface area contributed by atoms with E-state index < -0.39 is 5.16 Å². The fourth-order valence-corrected chi connectivity index (χ4v) is 10.4. The summed E-state index contributed by atoms with van der Waals surface area (Å²) >= 11 is 0. The van der Waals surface area contributed by atoms with Gasteiger partial charge in [-0.2, -0.15) is 0 Å². The summed E-state index contributed by atoms with van der Waals surface area (Å²) in [5, 5.41) is 0.0562. The molecule has 3 rings (SSSR count). The molecule has 0 fully saturated rings. The summed E-state index contributed by atoms with van der Waals surface area (Å²) in [5.74, 6) is 0.380. The normalized spacial score (nSPS) is 18.0. The number of allylic oxidation sites excluding steroid dienone is 4. The molecule has 0 N–H and O–H groups in total. The van der Waals surface area contributed by atoms with Crippen LogP contribution in [0.4, 0.5) is 0 Å². The molecule has 1 aliphatic carbocycles. The summed E-state index contributed by atoms with van der Waals surface area (Å²) in [6, 6.07) is 8.57. The highest BCUT2D eigenvalue weighted by molar-refractivity contribution is 7.61. The molecule has 2 unspecified atom stereocenters. The Bertz CT molecular complexity index is 1080. The second kappa shape index (κ2) is 10.3. The second-order valence-electron chi connectivity index (χ2n) is 14.8. The van der Waals surface area contributed by atoms with Crippen LogP contribution in [0.1, 0.15) is 94.2 Å². The molecular formula is C33H50N2P2. The molecule has 2 aromatic rings. The van der Waals surface area contributed by atoms with E-state index in [1.807, 2.05) is 24.8 Å². The van der Waals surface area contributed by atoms with Crippen molar-refractivity contribution in [1.82, 2.24) is 9.97 Å². The minimum absolute atomic E-state index is 0.0621. The van der Waals surface area contributed by atoms with Gasteiger partial charge in [-0.3, -0.25) is 9.97 Å². The SMILES string of the molecule is CC(C)(C)C1=CC(C(P)(c2cccnc2)c2cccnc2)=C(CP(C(C)(C)C)C(C)(C)C)C1C(C)(C)C. The van der Waals surface area contributed by atoms with E-state index in [2.05, 4.69) is 133 Å². The zero-order valence-electron chi connectivity index (χ0n) is 25.4. The van der Waals surface area contributed by atoms with Crippen molar-refractivity contribution in [3.05, 3.63) is 83.0 Å². The number of pyridine rings is 2. The summed E-state index contributed by atoms with van der Waals surface area (Å²) < 4.78 is 0. The van der Waals surface area contributed by atoms with Gasteiger partial charge >= 0.3 is 0 Å². The third-order valence-electron chi connectivity index (χ3n) is 7.64. The summed E-state index contributed by atoms with van der Waals surface area (Å²) in [6.07, 6.45) is 11.5. The average Bonchev–Trinajstić information content (AvgIpc) is 3.17. The molecule has 0 aliphatic heterocycles. The monoisotopic (exact) mass is 536 g/mol. The van der Waals surface area contributed by atoms with E-state index in [1.165, 1.54) is 16.7 Å². The molecule has 4 heteroatoms. The van der Waals surface area contributed by atoms with Gasteiger partial charge in [0, 0.05) is 30.7 Å². The van der Waals surface area contributed by atoms with E-state index in [0.29, 0.717) is 5.92 Å². The maximum absolute atomic E-state index is 4.57. The van der Waals surface area contributed by atoms with Gasteiger partial charge in [-0.05, 0) is 56.1 Å². The molecule has 0 saturated carbocycles. The van der Waals surface area contributed by atoms with E-state index in [-0.39, 0.29) is 29.1 Å². The first-order valence-electron chi connectivity index (χ1n) is 13.6. The van der Waals surface area contributed by atoms with Crippen LogP contribution < -0.4 is 0 Å². The standard InChI is InChI=1S/C33H50N2P2/c1-29(2,3)27-19-26(33(36,23-15-13-17-34-20-23)24-16-14-18-35-21-24)25(28(27)30(4,5)6)22-37(31(7,8)9)32(10,11)12/h13-21,28H,22,36H2,1-12H3. The highest BCUT2D eigenvalue weighted by Crippen LogP contribution is 2.65.